The number of alkyl halides is 3. The number of aromatic nitrogens is 2. The van der Waals surface area contributed by atoms with E-state index in [1.54, 1.807) is 7.05 Å². The number of carbonyl (C=O) groups excluding carboxylic acids is 1. The van der Waals surface area contributed by atoms with Gasteiger partial charge in [-0.1, -0.05) is 0 Å². The van der Waals surface area contributed by atoms with Crippen LogP contribution in [0.3, 0.4) is 0 Å². The standard InChI is InChI=1S/C18H16F3N5O3S/c1-25-9-16(24-10-25)14-8-13(6-7-15(14)18(19,20)21)26(30(23,28)29)12-4-2-11(3-5-12)17(22)27/h2-10H,1H3,(H2,22,27)(H2,23,28,29). The molecule has 0 aliphatic carbocycles. The first-order valence-electron chi connectivity index (χ1n) is 8.30. The second-order valence-corrected chi connectivity index (χ2v) is 7.77. The molecule has 30 heavy (non-hydrogen) atoms. The van der Waals surface area contributed by atoms with Crippen LogP contribution in [-0.4, -0.2) is 23.9 Å². The van der Waals surface area contributed by atoms with Gasteiger partial charge in [-0.2, -0.15) is 21.6 Å². The highest BCUT2D eigenvalue weighted by atomic mass is 32.2. The fourth-order valence-electron chi connectivity index (χ4n) is 2.87. The van der Waals surface area contributed by atoms with Gasteiger partial charge in [0.05, 0.1) is 29.0 Å². The van der Waals surface area contributed by atoms with Crippen LogP contribution in [0.25, 0.3) is 11.3 Å². The number of anilines is 2. The quantitative estimate of drug-likeness (QED) is 0.634. The second-order valence-electron chi connectivity index (χ2n) is 6.37. The number of carbonyl (C=O) groups is 1. The molecule has 0 saturated carbocycles. The molecule has 4 N–H and O–H groups in total. The van der Waals surface area contributed by atoms with Crippen LogP contribution < -0.4 is 15.2 Å². The zero-order valence-corrected chi connectivity index (χ0v) is 16.3. The lowest BCUT2D eigenvalue weighted by Crippen LogP contribution is -2.33. The first kappa shape index (κ1) is 21.3. The van der Waals surface area contributed by atoms with Gasteiger partial charge in [-0.25, -0.2) is 14.4 Å². The lowest BCUT2D eigenvalue weighted by molar-refractivity contribution is -0.137. The van der Waals surface area contributed by atoms with E-state index in [1.165, 1.54) is 41.4 Å². The van der Waals surface area contributed by atoms with Gasteiger partial charge in [0.25, 0.3) is 0 Å². The number of aryl methyl sites for hydroxylation is 1. The smallest absolute Gasteiger partial charge is 0.366 e. The van der Waals surface area contributed by atoms with Crippen LogP contribution in [0.1, 0.15) is 15.9 Å². The molecular weight excluding hydrogens is 423 g/mol. The molecule has 1 amide bonds. The van der Waals surface area contributed by atoms with Gasteiger partial charge in [-0.3, -0.25) is 4.79 Å². The summed E-state index contributed by atoms with van der Waals surface area (Å²) in [5.74, 6) is -0.726. The summed E-state index contributed by atoms with van der Waals surface area (Å²) in [6.45, 7) is 0. The van der Waals surface area contributed by atoms with E-state index in [9.17, 15) is 26.4 Å². The average Bonchev–Trinajstić information content (AvgIpc) is 3.06. The maximum absolute atomic E-state index is 13.5. The van der Waals surface area contributed by atoms with Crippen molar-refractivity contribution < 1.29 is 26.4 Å². The Morgan fingerprint density at radius 2 is 1.70 bits per heavy atom. The van der Waals surface area contributed by atoms with E-state index in [4.69, 9.17) is 10.9 Å². The molecule has 0 spiro atoms. The van der Waals surface area contributed by atoms with Crippen LogP contribution in [0.15, 0.2) is 55.0 Å². The molecule has 0 aliphatic heterocycles. The van der Waals surface area contributed by atoms with E-state index in [1.807, 2.05) is 0 Å². The maximum Gasteiger partial charge on any atom is 0.417 e. The molecule has 1 aromatic heterocycles. The summed E-state index contributed by atoms with van der Waals surface area (Å²) < 4.78 is 67.2. The first-order chi connectivity index (χ1) is 13.9. The van der Waals surface area contributed by atoms with E-state index in [-0.39, 0.29) is 28.2 Å². The number of hydrogen-bond donors (Lipinski definition) is 2. The Kier molecular flexibility index (Phi) is 5.31. The van der Waals surface area contributed by atoms with Crippen molar-refractivity contribution in [2.75, 3.05) is 4.31 Å². The van der Waals surface area contributed by atoms with E-state index >= 15 is 0 Å². The van der Waals surface area contributed by atoms with Crippen LogP contribution in [-0.2, 0) is 23.4 Å². The fraction of sp³-hybridized carbons (Fsp3) is 0.111. The zero-order chi connectivity index (χ0) is 22.3. The second kappa shape index (κ2) is 7.46. The van der Waals surface area contributed by atoms with Gasteiger partial charge < -0.3 is 10.3 Å². The van der Waals surface area contributed by atoms with Crippen molar-refractivity contribution in [2.45, 2.75) is 6.18 Å². The Balaban J connectivity index is 2.21. The summed E-state index contributed by atoms with van der Waals surface area (Å²) in [6.07, 6.45) is -2.00. The minimum Gasteiger partial charge on any atom is -0.366 e. The highest BCUT2D eigenvalue weighted by Crippen LogP contribution is 2.40. The molecular formula is C18H16F3N5O3S. The predicted molar refractivity (Wildman–Crippen MR) is 104 cm³/mol. The molecule has 12 heteroatoms. The molecule has 0 aliphatic rings. The van der Waals surface area contributed by atoms with Crippen molar-refractivity contribution >= 4 is 27.5 Å². The number of nitrogens with two attached hydrogens (primary N) is 2. The number of halogens is 3. The topological polar surface area (TPSA) is 124 Å². The Hall–Kier alpha value is -3.38. The minimum absolute atomic E-state index is 0.00474. The Morgan fingerprint density at radius 1 is 1.10 bits per heavy atom. The van der Waals surface area contributed by atoms with Gasteiger partial charge in [0.2, 0.25) is 5.91 Å². The predicted octanol–water partition coefficient (Wildman–Crippen LogP) is 2.55. The third kappa shape index (κ3) is 4.28. The van der Waals surface area contributed by atoms with Crippen LogP contribution in [0.5, 0.6) is 0 Å². The van der Waals surface area contributed by atoms with E-state index in [0.29, 0.717) is 4.31 Å². The van der Waals surface area contributed by atoms with Crippen LogP contribution in [0.2, 0.25) is 0 Å². The molecule has 158 valence electrons. The number of nitrogens with zero attached hydrogens (tertiary/aromatic N) is 3. The molecule has 0 atom stereocenters. The van der Waals surface area contributed by atoms with Gasteiger partial charge in [0, 0.05) is 24.4 Å². The molecule has 3 aromatic rings. The van der Waals surface area contributed by atoms with Gasteiger partial charge in [-0.05, 0) is 42.5 Å². The van der Waals surface area contributed by atoms with Crippen molar-refractivity contribution in [3.63, 3.8) is 0 Å². The van der Waals surface area contributed by atoms with E-state index in [2.05, 4.69) is 4.98 Å². The SMILES string of the molecule is Cn1cnc(-c2cc(N(c3ccc(C(N)=O)cc3)S(N)(=O)=O)ccc2C(F)(F)F)c1. The highest BCUT2D eigenvalue weighted by Gasteiger charge is 2.35. The summed E-state index contributed by atoms with van der Waals surface area (Å²) in [7, 11) is -2.85. The van der Waals surface area contributed by atoms with Crippen molar-refractivity contribution in [1.29, 1.82) is 0 Å². The zero-order valence-electron chi connectivity index (χ0n) is 15.5. The van der Waals surface area contributed by atoms with Gasteiger partial charge in [0.15, 0.2) is 0 Å². The van der Waals surface area contributed by atoms with E-state index < -0.39 is 27.9 Å². The summed E-state index contributed by atoms with van der Waals surface area (Å²) in [6, 6.07) is 7.87. The molecule has 0 fully saturated rings. The summed E-state index contributed by atoms with van der Waals surface area (Å²) in [5.41, 5.74) is 3.86. The summed E-state index contributed by atoms with van der Waals surface area (Å²) >= 11 is 0. The molecule has 1 heterocycles. The molecule has 8 nitrogen and oxygen atoms in total. The minimum atomic E-state index is -4.69. The summed E-state index contributed by atoms with van der Waals surface area (Å²) in [4.78, 5) is 15.2. The number of rotatable bonds is 5. The Morgan fingerprint density at radius 3 is 2.17 bits per heavy atom. The van der Waals surface area contributed by atoms with Crippen LogP contribution >= 0.6 is 0 Å². The summed E-state index contributed by atoms with van der Waals surface area (Å²) in [5, 5.41) is 5.32. The van der Waals surface area contributed by atoms with Crippen molar-refractivity contribution in [2.24, 2.45) is 17.9 Å². The largest absolute Gasteiger partial charge is 0.417 e. The average molecular weight is 439 g/mol. The Labute approximate surface area is 169 Å². The molecule has 0 radical (unpaired) electrons. The van der Waals surface area contributed by atoms with Crippen molar-refractivity contribution in [3.8, 4) is 11.3 Å². The Bertz CT molecular complexity index is 1200. The van der Waals surface area contributed by atoms with Crippen molar-refractivity contribution in [1.82, 2.24) is 9.55 Å². The number of hydrogen-bond acceptors (Lipinski definition) is 4. The number of benzene rings is 2. The fourth-order valence-corrected chi connectivity index (χ4v) is 3.70. The van der Waals surface area contributed by atoms with Crippen LogP contribution in [0, 0.1) is 0 Å². The maximum atomic E-state index is 13.5. The molecule has 2 aromatic carbocycles. The lowest BCUT2D eigenvalue weighted by Gasteiger charge is -2.23. The van der Waals surface area contributed by atoms with Gasteiger partial charge >= 0.3 is 16.4 Å². The molecule has 0 bridgehead atoms. The number of imidazole rings is 1. The highest BCUT2D eigenvalue weighted by molar-refractivity contribution is 7.90. The van der Waals surface area contributed by atoms with Crippen LogP contribution in [0.4, 0.5) is 24.5 Å². The van der Waals surface area contributed by atoms with E-state index in [0.717, 1.165) is 18.2 Å². The molecule has 0 unspecified atom stereocenters. The third-order valence-electron chi connectivity index (χ3n) is 4.16. The van der Waals surface area contributed by atoms with Crippen molar-refractivity contribution in [3.05, 3.63) is 66.1 Å². The number of primary amides is 1. The first-order valence-corrected chi connectivity index (χ1v) is 9.81. The van der Waals surface area contributed by atoms with Gasteiger partial charge in [0.1, 0.15) is 0 Å². The van der Waals surface area contributed by atoms with Gasteiger partial charge in [-0.15, -0.1) is 0 Å². The number of amides is 1. The normalized spacial score (nSPS) is 12.0. The third-order valence-corrected chi connectivity index (χ3v) is 5.10. The monoisotopic (exact) mass is 439 g/mol. The molecule has 0 saturated heterocycles. The lowest BCUT2D eigenvalue weighted by atomic mass is 10.0. The molecule has 3 rings (SSSR count).